The molecule has 5 nitrogen and oxygen atoms in total. The van der Waals surface area contributed by atoms with Crippen LogP contribution in [0.25, 0.3) is 0 Å². The summed E-state index contributed by atoms with van der Waals surface area (Å²) < 4.78 is 5.74. The summed E-state index contributed by atoms with van der Waals surface area (Å²) in [4.78, 5) is 17.0. The highest BCUT2D eigenvalue weighted by molar-refractivity contribution is 7.11. The molecule has 1 atom stereocenters. The summed E-state index contributed by atoms with van der Waals surface area (Å²) in [7, 11) is 0. The molecule has 4 heterocycles. The molecule has 0 N–H and O–H groups in total. The molecule has 0 amide bonds. The molecule has 4 rings (SSSR count). The number of ether oxygens (including phenoxy) is 1. The average Bonchev–Trinajstić information content (AvgIpc) is 3.28. The number of aromatic nitrogens is 2. The maximum atomic E-state index is 5.74. The minimum Gasteiger partial charge on any atom is -0.378 e. The van der Waals surface area contributed by atoms with Crippen molar-refractivity contribution >= 4 is 17.2 Å². The Kier molecular flexibility index (Phi) is 4.78. The van der Waals surface area contributed by atoms with E-state index in [1.165, 1.54) is 22.6 Å². The maximum Gasteiger partial charge on any atom is 0.150 e. The molecule has 2 fully saturated rings. The number of hydrogen-bond donors (Lipinski definition) is 0. The number of aryl methyl sites for hydroxylation is 1. The van der Waals surface area contributed by atoms with Gasteiger partial charge >= 0.3 is 0 Å². The van der Waals surface area contributed by atoms with Crippen LogP contribution in [0.1, 0.15) is 34.5 Å². The third-order valence-corrected chi connectivity index (χ3v) is 5.77. The fraction of sp³-hybridized carbons (Fsp3) is 0.556. The van der Waals surface area contributed by atoms with Crippen LogP contribution in [-0.4, -0.2) is 47.7 Å². The second-order valence-corrected chi connectivity index (χ2v) is 7.91. The molecule has 0 bridgehead atoms. The van der Waals surface area contributed by atoms with Gasteiger partial charge in [-0.2, -0.15) is 0 Å². The van der Waals surface area contributed by atoms with E-state index in [0.29, 0.717) is 6.61 Å². The van der Waals surface area contributed by atoms with Gasteiger partial charge < -0.3 is 9.64 Å². The van der Waals surface area contributed by atoms with Gasteiger partial charge in [0.1, 0.15) is 11.6 Å². The molecule has 0 aliphatic carbocycles. The summed E-state index contributed by atoms with van der Waals surface area (Å²) in [5, 5.41) is 0. The van der Waals surface area contributed by atoms with Gasteiger partial charge in [-0.25, -0.2) is 9.97 Å². The van der Waals surface area contributed by atoms with Crippen LogP contribution in [0.15, 0.2) is 24.4 Å². The van der Waals surface area contributed by atoms with Crippen molar-refractivity contribution in [2.45, 2.75) is 32.4 Å². The topological polar surface area (TPSA) is 41.5 Å². The Balaban J connectivity index is 1.54. The van der Waals surface area contributed by atoms with Crippen LogP contribution in [0, 0.1) is 6.92 Å². The normalized spacial score (nSPS) is 22.2. The van der Waals surface area contributed by atoms with E-state index < -0.39 is 0 Å². The first kappa shape index (κ1) is 16.0. The van der Waals surface area contributed by atoms with Gasteiger partial charge in [-0.15, -0.1) is 11.3 Å². The first-order chi connectivity index (χ1) is 11.8. The van der Waals surface area contributed by atoms with Crippen molar-refractivity contribution in [2.75, 3.05) is 37.7 Å². The predicted octanol–water partition coefficient (Wildman–Crippen LogP) is 3.02. The van der Waals surface area contributed by atoms with Crippen LogP contribution >= 0.6 is 11.3 Å². The third kappa shape index (κ3) is 3.45. The first-order valence-corrected chi connectivity index (χ1v) is 9.56. The van der Waals surface area contributed by atoms with Crippen molar-refractivity contribution in [3.05, 3.63) is 40.0 Å². The summed E-state index contributed by atoms with van der Waals surface area (Å²) in [5.74, 6) is 1.96. The Morgan fingerprint density at radius 1 is 1.21 bits per heavy atom. The van der Waals surface area contributed by atoms with Crippen molar-refractivity contribution in [3.8, 4) is 0 Å². The van der Waals surface area contributed by atoms with Crippen LogP contribution in [0.2, 0.25) is 0 Å². The first-order valence-electron chi connectivity index (χ1n) is 8.74. The smallest absolute Gasteiger partial charge is 0.150 e. The van der Waals surface area contributed by atoms with Gasteiger partial charge in [0, 0.05) is 42.1 Å². The summed E-state index contributed by atoms with van der Waals surface area (Å²) in [6.45, 7) is 7.71. The average molecular weight is 344 g/mol. The lowest BCUT2D eigenvalue weighted by atomic mass is 10.2. The minimum absolute atomic E-state index is 0.142. The van der Waals surface area contributed by atoms with Gasteiger partial charge in [0.15, 0.2) is 0 Å². The van der Waals surface area contributed by atoms with Crippen LogP contribution < -0.4 is 4.90 Å². The third-order valence-electron chi connectivity index (χ3n) is 4.78. The number of rotatable bonds is 4. The summed E-state index contributed by atoms with van der Waals surface area (Å²) >= 11 is 1.87. The van der Waals surface area contributed by atoms with Gasteiger partial charge in [-0.05, 0) is 38.0 Å². The van der Waals surface area contributed by atoms with Crippen LogP contribution in [0.4, 0.5) is 5.82 Å². The summed E-state index contributed by atoms with van der Waals surface area (Å²) in [6, 6.07) is 6.60. The monoisotopic (exact) mass is 344 g/mol. The molecular formula is C18H24N4OS. The van der Waals surface area contributed by atoms with Crippen LogP contribution in [-0.2, 0) is 11.3 Å². The van der Waals surface area contributed by atoms with Crippen molar-refractivity contribution in [1.82, 2.24) is 14.9 Å². The number of morpholine rings is 1. The van der Waals surface area contributed by atoms with E-state index >= 15 is 0 Å². The fourth-order valence-electron chi connectivity index (χ4n) is 3.48. The molecule has 128 valence electrons. The second kappa shape index (κ2) is 7.17. The molecule has 0 unspecified atom stereocenters. The molecule has 2 aliphatic heterocycles. The highest BCUT2D eigenvalue weighted by Gasteiger charge is 2.28. The molecule has 0 saturated carbocycles. The van der Waals surface area contributed by atoms with E-state index in [1.807, 2.05) is 23.6 Å². The largest absolute Gasteiger partial charge is 0.378 e. The molecule has 0 aromatic carbocycles. The Morgan fingerprint density at radius 3 is 2.88 bits per heavy atom. The Hall–Kier alpha value is -1.50. The Morgan fingerprint density at radius 2 is 2.08 bits per heavy atom. The molecule has 2 aromatic rings. The maximum absolute atomic E-state index is 5.74. The second-order valence-electron chi connectivity index (χ2n) is 6.54. The lowest BCUT2D eigenvalue weighted by molar-refractivity contribution is -0.0154. The molecule has 24 heavy (non-hydrogen) atoms. The van der Waals surface area contributed by atoms with E-state index in [2.05, 4.69) is 33.8 Å². The molecule has 0 spiro atoms. The molecular weight excluding hydrogens is 320 g/mol. The number of anilines is 1. The SMILES string of the molecule is Cc1ccc(CN2CCOC[C@@H]2c2nccc(N3CCCC3)n2)s1. The van der Waals surface area contributed by atoms with Gasteiger partial charge in [-0.1, -0.05) is 0 Å². The van der Waals surface area contributed by atoms with Crippen LogP contribution in [0.5, 0.6) is 0 Å². The standard InChI is InChI=1S/C18H24N4OS/c1-14-4-5-15(24-14)12-22-10-11-23-13-16(22)18-19-7-6-17(20-18)21-8-2-3-9-21/h4-7,16H,2-3,8-13H2,1H3/t16-/m1/s1. The Labute approximate surface area is 147 Å². The Bertz CT molecular complexity index is 683. The van der Waals surface area contributed by atoms with E-state index in [1.54, 1.807) is 0 Å². The van der Waals surface area contributed by atoms with E-state index in [9.17, 15) is 0 Å². The van der Waals surface area contributed by atoms with Gasteiger partial charge in [0.2, 0.25) is 0 Å². The van der Waals surface area contributed by atoms with Crippen molar-refractivity contribution < 1.29 is 4.74 Å². The molecule has 2 aromatic heterocycles. The quantitative estimate of drug-likeness (QED) is 0.853. The fourth-order valence-corrected chi connectivity index (χ4v) is 4.40. The zero-order valence-electron chi connectivity index (χ0n) is 14.1. The van der Waals surface area contributed by atoms with Gasteiger partial charge in [-0.3, -0.25) is 4.90 Å². The molecule has 6 heteroatoms. The van der Waals surface area contributed by atoms with Crippen molar-refractivity contribution in [2.24, 2.45) is 0 Å². The van der Waals surface area contributed by atoms with Crippen molar-refractivity contribution in [1.29, 1.82) is 0 Å². The lowest BCUT2D eigenvalue weighted by Gasteiger charge is -2.34. The number of thiophene rings is 1. The lowest BCUT2D eigenvalue weighted by Crippen LogP contribution is -2.39. The zero-order valence-corrected chi connectivity index (χ0v) is 15.0. The molecule has 2 saturated heterocycles. The van der Waals surface area contributed by atoms with E-state index in [-0.39, 0.29) is 6.04 Å². The molecule has 2 aliphatic rings. The van der Waals surface area contributed by atoms with Crippen molar-refractivity contribution in [3.63, 3.8) is 0 Å². The van der Waals surface area contributed by atoms with Gasteiger partial charge in [0.25, 0.3) is 0 Å². The van der Waals surface area contributed by atoms with Gasteiger partial charge in [0.05, 0.1) is 19.3 Å². The predicted molar refractivity (Wildman–Crippen MR) is 96.5 cm³/mol. The minimum atomic E-state index is 0.142. The summed E-state index contributed by atoms with van der Waals surface area (Å²) in [6.07, 6.45) is 4.42. The molecule has 0 radical (unpaired) electrons. The summed E-state index contributed by atoms with van der Waals surface area (Å²) in [5.41, 5.74) is 0. The van der Waals surface area contributed by atoms with E-state index in [4.69, 9.17) is 9.72 Å². The highest BCUT2D eigenvalue weighted by atomic mass is 32.1. The van der Waals surface area contributed by atoms with Crippen LogP contribution in [0.3, 0.4) is 0 Å². The zero-order chi connectivity index (χ0) is 16.4. The van der Waals surface area contributed by atoms with E-state index in [0.717, 1.165) is 44.4 Å². The highest BCUT2D eigenvalue weighted by Crippen LogP contribution is 2.27. The number of nitrogens with zero attached hydrogens (tertiary/aromatic N) is 4. The number of hydrogen-bond acceptors (Lipinski definition) is 6.